The maximum absolute atomic E-state index is 12.6. The van der Waals surface area contributed by atoms with E-state index in [4.69, 9.17) is 16.3 Å². The molecule has 4 nitrogen and oxygen atoms in total. The number of nitrogens with one attached hydrogen (secondary N) is 1. The van der Waals surface area contributed by atoms with Crippen molar-refractivity contribution in [1.29, 1.82) is 0 Å². The zero-order valence-corrected chi connectivity index (χ0v) is 16.1. The van der Waals surface area contributed by atoms with Crippen molar-refractivity contribution < 1.29 is 9.53 Å². The van der Waals surface area contributed by atoms with E-state index < -0.39 is 0 Å². The fourth-order valence-corrected chi connectivity index (χ4v) is 5.48. The van der Waals surface area contributed by atoms with Crippen LogP contribution < -0.4 is 5.32 Å². The van der Waals surface area contributed by atoms with Gasteiger partial charge in [-0.15, -0.1) is 0 Å². The lowest BCUT2D eigenvalue weighted by molar-refractivity contribution is -0.122. The highest BCUT2D eigenvalue weighted by molar-refractivity contribution is 6.31. The van der Waals surface area contributed by atoms with E-state index in [2.05, 4.69) is 16.3 Å². The van der Waals surface area contributed by atoms with Crippen molar-refractivity contribution in [3.05, 3.63) is 34.9 Å². The van der Waals surface area contributed by atoms with Crippen LogP contribution in [0.4, 0.5) is 0 Å². The molecule has 1 aliphatic heterocycles. The monoisotopic (exact) mass is 376 g/mol. The number of hydrogen-bond donors (Lipinski definition) is 1. The smallest absolute Gasteiger partial charge is 0.220 e. The molecular weight excluding hydrogens is 348 g/mol. The van der Waals surface area contributed by atoms with E-state index in [9.17, 15) is 4.79 Å². The lowest BCUT2D eigenvalue weighted by atomic mass is 9.86. The molecule has 1 aromatic carbocycles. The third kappa shape index (κ3) is 4.08. The molecule has 1 aromatic rings. The van der Waals surface area contributed by atoms with Crippen LogP contribution in [0.5, 0.6) is 0 Å². The molecule has 1 saturated heterocycles. The van der Waals surface area contributed by atoms with Gasteiger partial charge in [0.1, 0.15) is 0 Å². The Bertz CT molecular complexity index is 632. The molecule has 0 spiro atoms. The summed E-state index contributed by atoms with van der Waals surface area (Å²) in [6, 6.07) is 8.09. The average molecular weight is 377 g/mol. The van der Waals surface area contributed by atoms with Crippen LogP contribution in [0.1, 0.15) is 43.7 Å². The van der Waals surface area contributed by atoms with Crippen LogP contribution in [0, 0.1) is 17.8 Å². The molecule has 0 aromatic heterocycles. The van der Waals surface area contributed by atoms with Crippen LogP contribution >= 0.6 is 11.6 Å². The molecule has 4 unspecified atom stereocenters. The summed E-state index contributed by atoms with van der Waals surface area (Å²) < 4.78 is 5.50. The summed E-state index contributed by atoms with van der Waals surface area (Å²) in [5.41, 5.74) is 1.09. The van der Waals surface area contributed by atoms with E-state index in [1.165, 1.54) is 25.7 Å². The number of morpholine rings is 1. The highest BCUT2D eigenvalue weighted by Gasteiger charge is 2.40. The van der Waals surface area contributed by atoms with Crippen LogP contribution in [-0.4, -0.2) is 43.7 Å². The van der Waals surface area contributed by atoms with Gasteiger partial charge in [-0.05, 0) is 48.6 Å². The highest BCUT2D eigenvalue weighted by Crippen LogP contribution is 2.49. The second-order valence-electron chi connectivity index (χ2n) is 8.13. The minimum atomic E-state index is 0.108. The summed E-state index contributed by atoms with van der Waals surface area (Å²) in [6.45, 7) is 3.83. The molecular formula is C21H29ClN2O2. The summed E-state index contributed by atoms with van der Waals surface area (Å²) in [6.07, 6.45) is 6.02. The molecule has 2 saturated carbocycles. The molecule has 0 radical (unpaired) electrons. The average Bonchev–Trinajstić information content (AvgIpc) is 3.27. The first-order valence-electron chi connectivity index (χ1n) is 10.0. The van der Waals surface area contributed by atoms with Crippen molar-refractivity contribution in [1.82, 2.24) is 10.2 Å². The first-order valence-corrected chi connectivity index (χ1v) is 10.4. The number of halogens is 1. The topological polar surface area (TPSA) is 41.6 Å². The molecule has 1 N–H and O–H groups in total. The van der Waals surface area contributed by atoms with E-state index in [1.807, 2.05) is 18.2 Å². The zero-order chi connectivity index (χ0) is 17.9. The molecule has 4 atom stereocenters. The second-order valence-corrected chi connectivity index (χ2v) is 8.54. The minimum absolute atomic E-state index is 0.108. The molecule has 3 fully saturated rings. The number of amides is 1. The normalized spacial score (nSPS) is 29.7. The summed E-state index contributed by atoms with van der Waals surface area (Å²) >= 11 is 6.46. The molecule has 3 aliphatic rings. The first kappa shape index (κ1) is 18.3. The Labute approximate surface area is 161 Å². The summed E-state index contributed by atoms with van der Waals surface area (Å²) in [7, 11) is 0. The summed E-state index contributed by atoms with van der Waals surface area (Å²) in [5, 5.41) is 3.98. The maximum Gasteiger partial charge on any atom is 0.220 e. The van der Waals surface area contributed by atoms with Crippen molar-refractivity contribution in [3.63, 3.8) is 0 Å². The van der Waals surface area contributed by atoms with Crippen LogP contribution in [0.3, 0.4) is 0 Å². The van der Waals surface area contributed by atoms with Gasteiger partial charge in [0.25, 0.3) is 0 Å². The minimum Gasteiger partial charge on any atom is -0.379 e. The molecule has 142 valence electrons. The van der Waals surface area contributed by atoms with Crippen LogP contribution in [0.15, 0.2) is 24.3 Å². The van der Waals surface area contributed by atoms with Crippen molar-refractivity contribution in [2.24, 2.45) is 17.8 Å². The molecule has 5 heteroatoms. The molecule has 2 aliphatic carbocycles. The number of rotatable bonds is 6. The van der Waals surface area contributed by atoms with E-state index in [0.717, 1.165) is 48.7 Å². The number of carbonyl (C=O) groups excluding carboxylic acids is 1. The number of nitrogens with zero attached hydrogens (tertiary/aromatic N) is 1. The quantitative estimate of drug-likeness (QED) is 0.823. The maximum atomic E-state index is 12.6. The predicted octanol–water partition coefficient (Wildman–Crippen LogP) is 3.66. The Hall–Kier alpha value is -1.10. The summed E-state index contributed by atoms with van der Waals surface area (Å²) in [5.74, 6) is 2.50. The zero-order valence-electron chi connectivity index (χ0n) is 15.3. The Kier molecular flexibility index (Phi) is 5.82. The summed E-state index contributed by atoms with van der Waals surface area (Å²) in [4.78, 5) is 15.0. The number of hydrogen-bond acceptors (Lipinski definition) is 3. The van der Waals surface area contributed by atoms with Crippen LogP contribution in [0.2, 0.25) is 5.02 Å². The Balaban J connectivity index is 1.38. The molecule has 1 amide bonds. The predicted molar refractivity (Wildman–Crippen MR) is 103 cm³/mol. The van der Waals surface area contributed by atoms with E-state index in [-0.39, 0.29) is 11.9 Å². The number of ether oxygens (including phenoxy) is 1. The molecule has 26 heavy (non-hydrogen) atoms. The van der Waals surface area contributed by atoms with Gasteiger partial charge in [0.2, 0.25) is 5.91 Å². The van der Waals surface area contributed by atoms with Gasteiger partial charge in [0, 0.05) is 31.1 Å². The highest BCUT2D eigenvalue weighted by atomic mass is 35.5. The second kappa shape index (κ2) is 8.28. The third-order valence-electron chi connectivity index (χ3n) is 6.58. The number of carbonyl (C=O) groups is 1. The fourth-order valence-electron chi connectivity index (χ4n) is 5.22. The van der Waals surface area contributed by atoms with Crippen molar-refractivity contribution in [2.45, 2.75) is 38.1 Å². The number of fused-ring (bicyclic) bond motifs is 2. The largest absolute Gasteiger partial charge is 0.379 e. The SMILES string of the molecule is O=C(CC1CC2CCC1C2)NCC(c1ccccc1Cl)N1CCOCC1. The van der Waals surface area contributed by atoms with Crippen LogP contribution in [0.25, 0.3) is 0 Å². The standard InChI is InChI=1S/C21H29ClN2O2/c22-19-4-2-1-3-18(19)20(24-7-9-26-10-8-24)14-23-21(25)13-17-12-15-5-6-16(17)11-15/h1-4,15-17,20H,5-14H2,(H,23,25). The van der Waals surface area contributed by atoms with Crippen LogP contribution in [-0.2, 0) is 9.53 Å². The van der Waals surface area contributed by atoms with Crippen molar-refractivity contribution in [2.75, 3.05) is 32.8 Å². The third-order valence-corrected chi connectivity index (χ3v) is 6.92. The fraction of sp³-hybridized carbons (Fsp3) is 0.667. The van der Waals surface area contributed by atoms with E-state index in [0.29, 0.717) is 18.9 Å². The van der Waals surface area contributed by atoms with Gasteiger partial charge >= 0.3 is 0 Å². The number of benzene rings is 1. The van der Waals surface area contributed by atoms with Crippen molar-refractivity contribution in [3.8, 4) is 0 Å². The van der Waals surface area contributed by atoms with Gasteiger partial charge < -0.3 is 10.1 Å². The lowest BCUT2D eigenvalue weighted by Crippen LogP contribution is -2.44. The molecule has 2 bridgehead atoms. The van der Waals surface area contributed by atoms with Gasteiger partial charge in [0.15, 0.2) is 0 Å². The van der Waals surface area contributed by atoms with Crippen molar-refractivity contribution >= 4 is 17.5 Å². The lowest BCUT2D eigenvalue weighted by Gasteiger charge is -2.35. The first-order chi connectivity index (χ1) is 12.7. The van der Waals surface area contributed by atoms with Gasteiger partial charge in [-0.25, -0.2) is 0 Å². The Morgan fingerprint density at radius 2 is 2.04 bits per heavy atom. The molecule has 4 rings (SSSR count). The Morgan fingerprint density at radius 3 is 2.73 bits per heavy atom. The van der Waals surface area contributed by atoms with E-state index in [1.54, 1.807) is 0 Å². The van der Waals surface area contributed by atoms with E-state index >= 15 is 0 Å². The van der Waals surface area contributed by atoms with Gasteiger partial charge in [-0.1, -0.05) is 36.2 Å². The molecule has 1 heterocycles. The Morgan fingerprint density at radius 1 is 1.23 bits per heavy atom. The van der Waals surface area contributed by atoms with Gasteiger partial charge in [0.05, 0.1) is 19.3 Å². The van der Waals surface area contributed by atoms with Gasteiger partial charge in [-0.2, -0.15) is 0 Å². The van der Waals surface area contributed by atoms with Gasteiger partial charge in [-0.3, -0.25) is 9.69 Å².